The van der Waals surface area contributed by atoms with Crippen LogP contribution < -0.4 is 10.1 Å². The maximum Gasteiger partial charge on any atom is 0.350 e. The van der Waals surface area contributed by atoms with Crippen LogP contribution in [0.4, 0.5) is 5.69 Å². The SMILES string of the molecule is CCOC(=O)/C(C#N)=C\Nc1ccc(OCC2CCCO2)cc1. The summed E-state index contributed by atoms with van der Waals surface area (Å²) in [6.45, 7) is 3.28. The lowest BCUT2D eigenvalue weighted by molar-refractivity contribution is -0.138. The molecule has 6 nitrogen and oxygen atoms in total. The van der Waals surface area contributed by atoms with Gasteiger partial charge in [0.15, 0.2) is 5.57 Å². The molecule has 23 heavy (non-hydrogen) atoms. The average Bonchev–Trinajstić information content (AvgIpc) is 3.08. The smallest absolute Gasteiger partial charge is 0.350 e. The first-order valence-electron chi connectivity index (χ1n) is 7.61. The van der Waals surface area contributed by atoms with E-state index < -0.39 is 5.97 Å². The first kappa shape index (κ1) is 16.8. The van der Waals surface area contributed by atoms with Crippen molar-refractivity contribution < 1.29 is 19.0 Å². The van der Waals surface area contributed by atoms with Gasteiger partial charge < -0.3 is 19.5 Å². The molecule has 0 amide bonds. The fraction of sp³-hybridized carbons (Fsp3) is 0.412. The van der Waals surface area contributed by atoms with Crippen molar-refractivity contribution in [3.63, 3.8) is 0 Å². The van der Waals surface area contributed by atoms with Crippen LogP contribution in [0, 0.1) is 11.3 Å². The third kappa shape index (κ3) is 5.31. The van der Waals surface area contributed by atoms with Crippen molar-refractivity contribution in [1.29, 1.82) is 5.26 Å². The number of nitrogens with zero attached hydrogens (tertiary/aromatic N) is 1. The van der Waals surface area contributed by atoms with Gasteiger partial charge in [-0.2, -0.15) is 5.26 Å². The zero-order valence-electron chi connectivity index (χ0n) is 13.1. The Hall–Kier alpha value is -2.52. The number of rotatable bonds is 7. The molecule has 1 unspecified atom stereocenters. The van der Waals surface area contributed by atoms with E-state index in [1.54, 1.807) is 13.0 Å². The molecular weight excluding hydrogens is 296 g/mol. The van der Waals surface area contributed by atoms with Crippen LogP contribution in [0.15, 0.2) is 36.0 Å². The predicted molar refractivity (Wildman–Crippen MR) is 84.9 cm³/mol. The van der Waals surface area contributed by atoms with Gasteiger partial charge in [-0.15, -0.1) is 0 Å². The number of anilines is 1. The molecule has 1 fully saturated rings. The number of benzene rings is 1. The van der Waals surface area contributed by atoms with Crippen LogP contribution in [0.25, 0.3) is 0 Å². The molecule has 2 rings (SSSR count). The van der Waals surface area contributed by atoms with Gasteiger partial charge >= 0.3 is 5.97 Å². The van der Waals surface area contributed by atoms with E-state index in [0.717, 1.165) is 30.9 Å². The van der Waals surface area contributed by atoms with Crippen molar-refractivity contribution in [2.75, 3.05) is 25.1 Å². The number of ether oxygens (including phenoxy) is 3. The molecule has 1 aromatic rings. The second kappa shape index (κ2) is 8.81. The fourth-order valence-corrected chi connectivity index (χ4v) is 2.11. The van der Waals surface area contributed by atoms with Crippen molar-refractivity contribution >= 4 is 11.7 Å². The van der Waals surface area contributed by atoms with E-state index in [0.29, 0.717) is 6.61 Å². The van der Waals surface area contributed by atoms with Crippen LogP contribution in [0.1, 0.15) is 19.8 Å². The van der Waals surface area contributed by atoms with Gasteiger partial charge in [-0.25, -0.2) is 4.79 Å². The van der Waals surface area contributed by atoms with E-state index in [-0.39, 0.29) is 18.3 Å². The minimum Gasteiger partial charge on any atom is -0.491 e. The molecule has 122 valence electrons. The Morgan fingerprint density at radius 3 is 2.87 bits per heavy atom. The Morgan fingerprint density at radius 1 is 1.48 bits per heavy atom. The quantitative estimate of drug-likeness (QED) is 0.473. The van der Waals surface area contributed by atoms with Crippen LogP contribution in [0.3, 0.4) is 0 Å². The molecule has 0 spiro atoms. The molecular formula is C17H20N2O4. The number of nitriles is 1. The number of carbonyl (C=O) groups excluding carboxylic acids is 1. The minimum absolute atomic E-state index is 0.0782. The second-order valence-electron chi connectivity index (χ2n) is 5.01. The lowest BCUT2D eigenvalue weighted by Gasteiger charge is -2.11. The molecule has 1 aliphatic heterocycles. The van der Waals surface area contributed by atoms with Crippen molar-refractivity contribution in [2.45, 2.75) is 25.9 Å². The van der Waals surface area contributed by atoms with Gasteiger partial charge in [-0.3, -0.25) is 0 Å². The van der Waals surface area contributed by atoms with Crippen LogP contribution in [0.5, 0.6) is 5.75 Å². The van der Waals surface area contributed by atoms with E-state index >= 15 is 0 Å². The minimum atomic E-state index is -0.640. The van der Waals surface area contributed by atoms with Crippen LogP contribution in [-0.2, 0) is 14.3 Å². The third-order valence-electron chi connectivity index (χ3n) is 3.31. The largest absolute Gasteiger partial charge is 0.491 e. The van der Waals surface area contributed by atoms with E-state index in [1.165, 1.54) is 6.20 Å². The zero-order valence-corrected chi connectivity index (χ0v) is 13.1. The normalized spacial score (nSPS) is 17.4. The number of nitrogens with one attached hydrogen (secondary N) is 1. The Bertz CT molecular complexity index is 584. The fourth-order valence-electron chi connectivity index (χ4n) is 2.11. The molecule has 1 N–H and O–H groups in total. The third-order valence-corrected chi connectivity index (χ3v) is 3.31. The van der Waals surface area contributed by atoms with Gasteiger partial charge in [0.05, 0.1) is 12.7 Å². The van der Waals surface area contributed by atoms with Gasteiger partial charge in [0.25, 0.3) is 0 Å². The summed E-state index contributed by atoms with van der Waals surface area (Å²) in [5.74, 6) is 0.111. The Labute approximate surface area is 135 Å². The van der Waals surface area contributed by atoms with Gasteiger partial charge in [-0.1, -0.05) is 0 Å². The molecule has 0 aliphatic carbocycles. The average molecular weight is 316 g/mol. The lowest BCUT2D eigenvalue weighted by atomic mass is 10.2. The highest BCUT2D eigenvalue weighted by Gasteiger charge is 2.15. The van der Waals surface area contributed by atoms with Gasteiger partial charge in [0, 0.05) is 18.5 Å². The zero-order chi connectivity index (χ0) is 16.5. The number of hydrogen-bond acceptors (Lipinski definition) is 6. The summed E-state index contributed by atoms with van der Waals surface area (Å²) >= 11 is 0. The van der Waals surface area contributed by atoms with Crippen molar-refractivity contribution in [3.05, 3.63) is 36.0 Å². The molecule has 1 aromatic carbocycles. The molecule has 0 saturated carbocycles. The molecule has 1 atom stereocenters. The molecule has 6 heteroatoms. The predicted octanol–water partition coefficient (Wildman–Crippen LogP) is 2.63. The number of esters is 1. The van der Waals surface area contributed by atoms with Crippen LogP contribution in [-0.4, -0.2) is 31.9 Å². The maximum absolute atomic E-state index is 11.5. The monoisotopic (exact) mass is 316 g/mol. The summed E-state index contributed by atoms with van der Waals surface area (Å²) in [7, 11) is 0. The summed E-state index contributed by atoms with van der Waals surface area (Å²) in [6, 6.07) is 9.06. The summed E-state index contributed by atoms with van der Waals surface area (Å²) in [5.41, 5.74) is 0.664. The molecule has 1 heterocycles. The van der Waals surface area contributed by atoms with Gasteiger partial charge in [0.1, 0.15) is 18.4 Å². The molecule has 1 aliphatic rings. The lowest BCUT2D eigenvalue weighted by Crippen LogP contribution is -2.16. The highest BCUT2D eigenvalue weighted by Crippen LogP contribution is 2.18. The number of hydrogen-bond donors (Lipinski definition) is 1. The van der Waals surface area contributed by atoms with Gasteiger partial charge in [0.2, 0.25) is 0 Å². The summed E-state index contributed by atoms with van der Waals surface area (Å²) in [4.78, 5) is 11.5. The highest BCUT2D eigenvalue weighted by atomic mass is 16.5. The molecule has 0 aromatic heterocycles. The summed E-state index contributed by atoms with van der Waals surface area (Å²) in [6.07, 6.45) is 3.64. The second-order valence-corrected chi connectivity index (χ2v) is 5.01. The van der Waals surface area contributed by atoms with Gasteiger partial charge in [-0.05, 0) is 44.0 Å². The Kier molecular flexibility index (Phi) is 6.45. The standard InChI is InChI=1S/C17H20N2O4/c1-2-21-17(20)13(10-18)11-19-14-5-7-15(8-6-14)23-12-16-4-3-9-22-16/h5-8,11,16,19H,2-4,9,12H2,1H3/b13-11-. The van der Waals surface area contributed by atoms with E-state index in [1.807, 2.05) is 24.3 Å². The van der Waals surface area contributed by atoms with E-state index in [2.05, 4.69) is 5.32 Å². The molecule has 0 radical (unpaired) electrons. The highest BCUT2D eigenvalue weighted by molar-refractivity contribution is 5.93. The first-order valence-corrected chi connectivity index (χ1v) is 7.61. The van der Waals surface area contributed by atoms with E-state index in [9.17, 15) is 4.79 Å². The van der Waals surface area contributed by atoms with Crippen molar-refractivity contribution in [2.24, 2.45) is 0 Å². The van der Waals surface area contributed by atoms with Crippen molar-refractivity contribution in [3.8, 4) is 11.8 Å². The Balaban J connectivity index is 1.86. The first-order chi connectivity index (χ1) is 11.2. The molecule has 0 bridgehead atoms. The molecule has 1 saturated heterocycles. The van der Waals surface area contributed by atoms with E-state index in [4.69, 9.17) is 19.5 Å². The summed E-state index contributed by atoms with van der Waals surface area (Å²) in [5, 5.41) is 11.8. The van der Waals surface area contributed by atoms with Crippen LogP contribution in [0.2, 0.25) is 0 Å². The Morgan fingerprint density at radius 2 is 2.26 bits per heavy atom. The van der Waals surface area contributed by atoms with Crippen molar-refractivity contribution in [1.82, 2.24) is 0 Å². The van der Waals surface area contributed by atoms with Crippen LogP contribution >= 0.6 is 0 Å². The number of carbonyl (C=O) groups is 1. The maximum atomic E-state index is 11.5. The summed E-state index contributed by atoms with van der Waals surface area (Å²) < 4.78 is 15.9. The topological polar surface area (TPSA) is 80.6 Å².